The van der Waals surface area contributed by atoms with E-state index in [1.807, 2.05) is 0 Å². The number of carbonyl (C=O) groups excluding carboxylic acids is 3. The molecule has 0 saturated carbocycles. The fourth-order valence-electron chi connectivity index (χ4n) is 2.63. The van der Waals surface area contributed by atoms with E-state index in [9.17, 15) is 27.6 Å². The van der Waals surface area contributed by atoms with Gasteiger partial charge in [0.1, 0.15) is 0 Å². The third-order valence-electron chi connectivity index (χ3n) is 4.03. The maximum absolute atomic E-state index is 12.3. The highest BCUT2D eigenvalue weighted by Crippen LogP contribution is 2.36. The molecule has 0 bridgehead atoms. The number of alkyl halides is 3. The van der Waals surface area contributed by atoms with Crippen LogP contribution in [0.5, 0.6) is 0 Å². The lowest BCUT2D eigenvalue weighted by Gasteiger charge is -2.30. The van der Waals surface area contributed by atoms with E-state index >= 15 is 0 Å². The van der Waals surface area contributed by atoms with E-state index < -0.39 is 24.0 Å². The van der Waals surface area contributed by atoms with Crippen molar-refractivity contribution in [1.82, 2.24) is 4.90 Å². The van der Waals surface area contributed by atoms with E-state index in [2.05, 4.69) is 4.74 Å². The number of thioether (sulfide) groups is 1. The first kappa shape index (κ1) is 21.1. The second kappa shape index (κ2) is 9.12. The van der Waals surface area contributed by atoms with Crippen LogP contribution in [0.25, 0.3) is 0 Å². The number of rotatable bonds is 5. The summed E-state index contributed by atoms with van der Waals surface area (Å²) in [4.78, 5) is 36.9. The summed E-state index contributed by atoms with van der Waals surface area (Å²) < 4.78 is 46.4. The second-order valence-electron chi connectivity index (χ2n) is 5.83. The Bertz CT molecular complexity index is 685. The van der Waals surface area contributed by atoms with Crippen LogP contribution < -0.4 is 0 Å². The second-order valence-corrected chi connectivity index (χ2v) is 6.96. The van der Waals surface area contributed by atoms with Gasteiger partial charge in [-0.3, -0.25) is 9.59 Å². The highest BCUT2D eigenvalue weighted by Gasteiger charge is 2.30. The maximum atomic E-state index is 12.3. The van der Waals surface area contributed by atoms with E-state index in [0.717, 1.165) is 12.1 Å². The van der Waals surface area contributed by atoms with Gasteiger partial charge in [0.05, 0.1) is 18.6 Å². The normalized spacial score (nSPS) is 15.3. The summed E-state index contributed by atoms with van der Waals surface area (Å²) in [5, 5.41) is 0. The van der Waals surface area contributed by atoms with Gasteiger partial charge >= 0.3 is 17.4 Å². The predicted octanol–water partition coefficient (Wildman–Crippen LogP) is 2.87. The van der Waals surface area contributed by atoms with Gasteiger partial charge in [-0.25, -0.2) is 4.79 Å². The molecule has 0 atom stereocenters. The third kappa shape index (κ3) is 6.46. The molecule has 0 aromatic heterocycles. The smallest absolute Gasteiger partial charge is 0.446 e. The van der Waals surface area contributed by atoms with Crippen LogP contribution in [0.3, 0.4) is 0 Å². The SMILES string of the molecule is COC(=O)C1CCN(C(=O)COC(=O)c2ccc(SC(F)(F)F)cc2)CC1. The van der Waals surface area contributed by atoms with Crippen molar-refractivity contribution in [2.75, 3.05) is 26.8 Å². The molecule has 0 unspecified atom stereocenters. The molecular formula is C17H18F3NO5S. The van der Waals surface area contributed by atoms with Crippen LogP contribution in [0.4, 0.5) is 13.2 Å². The first-order valence-corrected chi connectivity index (χ1v) is 8.90. The molecule has 0 radical (unpaired) electrons. The van der Waals surface area contributed by atoms with E-state index in [1.165, 1.54) is 24.1 Å². The number of piperidine rings is 1. The number of hydrogen-bond acceptors (Lipinski definition) is 6. The number of likely N-dealkylation sites (tertiary alicyclic amines) is 1. The van der Waals surface area contributed by atoms with Crippen LogP contribution in [-0.2, 0) is 19.1 Å². The van der Waals surface area contributed by atoms with Crippen molar-refractivity contribution in [2.24, 2.45) is 5.92 Å². The molecule has 6 nitrogen and oxygen atoms in total. The van der Waals surface area contributed by atoms with Gasteiger partial charge in [0, 0.05) is 18.0 Å². The largest absolute Gasteiger partial charge is 0.469 e. The third-order valence-corrected chi connectivity index (χ3v) is 4.77. The Kier molecular flexibility index (Phi) is 7.11. The van der Waals surface area contributed by atoms with Gasteiger partial charge in [0.2, 0.25) is 0 Å². The van der Waals surface area contributed by atoms with Crippen molar-refractivity contribution in [3.8, 4) is 0 Å². The molecule has 2 rings (SSSR count). The van der Waals surface area contributed by atoms with Gasteiger partial charge in [0.25, 0.3) is 5.91 Å². The van der Waals surface area contributed by atoms with Gasteiger partial charge < -0.3 is 14.4 Å². The van der Waals surface area contributed by atoms with E-state index in [0.29, 0.717) is 25.9 Å². The van der Waals surface area contributed by atoms with Gasteiger partial charge in [-0.1, -0.05) is 0 Å². The lowest BCUT2D eigenvalue weighted by molar-refractivity contribution is -0.149. The predicted molar refractivity (Wildman–Crippen MR) is 90.0 cm³/mol. The summed E-state index contributed by atoms with van der Waals surface area (Å²) in [6, 6.07) is 4.74. The number of methoxy groups -OCH3 is 1. The average molecular weight is 405 g/mol. The number of hydrogen-bond donors (Lipinski definition) is 0. The Morgan fingerprint density at radius 3 is 2.26 bits per heavy atom. The Hall–Kier alpha value is -2.23. The zero-order chi connectivity index (χ0) is 20.0. The highest BCUT2D eigenvalue weighted by molar-refractivity contribution is 8.00. The van der Waals surface area contributed by atoms with Gasteiger partial charge in [-0.2, -0.15) is 13.2 Å². The molecule has 1 aliphatic rings. The summed E-state index contributed by atoms with van der Waals surface area (Å²) in [6.07, 6.45) is 0.954. The summed E-state index contributed by atoms with van der Waals surface area (Å²) in [7, 11) is 1.31. The number of halogens is 3. The lowest BCUT2D eigenvalue weighted by atomic mass is 9.97. The standard InChI is InChI=1S/C17H18F3NO5S/c1-25-15(23)12-6-8-21(9-7-12)14(22)10-26-16(24)11-2-4-13(5-3-11)27-17(18,19)20/h2-5,12H,6-10H2,1H3. The van der Waals surface area contributed by atoms with Gasteiger partial charge in [-0.05, 0) is 48.9 Å². The van der Waals surface area contributed by atoms with Crippen molar-refractivity contribution in [1.29, 1.82) is 0 Å². The van der Waals surface area contributed by atoms with Crippen LogP contribution >= 0.6 is 11.8 Å². The number of benzene rings is 1. The Labute approximate surface area is 158 Å². The molecule has 0 aliphatic carbocycles. The van der Waals surface area contributed by atoms with Crippen LogP contribution in [-0.4, -0.2) is 55.1 Å². The van der Waals surface area contributed by atoms with E-state index in [-0.39, 0.29) is 34.1 Å². The fourth-order valence-corrected chi connectivity index (χ4v) is 3.17. The molecule has 1 aromatic carbocycles. The number of carbonyl (C=O) groups is 3. The molecule has 1 aromatic rings. The molecule has 0 spiro atoms. The molecule has 10 heteroatoms. The monoisotopic (exact) mass is 405 g/mol. The number of nitrogens with zero attached hydrogens (tertiary/aromatic N) is 1. The average Bonchev–Trinajstić information content (AvgIpc) is 2.64. The minimum absolute atomic E-state index is 0.0522. The first-order chi connectivity index (χ1) is 12.7. The van der Waals surface area contributed by atoms with Crippen LogP contribution in [0.15, 0.2) is 29.2 Å². The van der Waals surface area contributed by atoms with Crippen molar-refractivity contribution in [2.45, 2.75) is 23.2 Å². The molecule has 0 N–H and O–H groups in total. The van der Waals surface area contributed by atoms with Crippen LogP contribution in [0, 0.1) is 5.92 Å². The van der Waals surface area contributed by atoms with Gasteiger partial charge in [-0.15, -0.1) is 0 Å². The molecule has 1 fully saturated rings. The molecule has 148 valence electrons. The summed E-state index contributed by atoms with van der Waals surface area (Å²) >= 11 is -0.284. The molecule has 1 aliphatic heterocycles. The molecule has 27 heavy (non-hydrogen) atoms. The Balaban J connectivity index is 1.80. The van der Waals surface area contributed by atoms with E-state index in [1.54, 1.807) is 0 Å². The zero-order valence-corrected chi connectivity index (χ0v) is 15.3. The fraction of sp³-hybridized carbons (Fsp3) is 0.471. The molecule has 1 amide bonds. The maximum Gasteiger partial charge on any atom is 0.446 e. The summed E-state index contributed by atoms with van der Waals surface area (Å²) in [6.45, 7) is 0.250. The Morgan fingerprint density at radius 2 is 1.74 bits per heavy atom. The number of amides is 1. The minimum atomic E-state index is -4.41. The molecule has 1 heterocycles. The van der Waals surface area contributed by atoms with Gasteiger partial charge in [0.15, 0.2) is 6.61 Å². The highest BCUT2D eigenvalue weighted by atomic mass is 32.2. The number of esters is 2. The lowest BCUT2D eigenvalue weighted by Crippen LogP contribution is -2.42. The van der Waals surface area contributed by atoms with E-state index in [4.69, 9.17) is 4.74 Å². The summed E-state index contributed by atoms with van der Waals surface area (Å²) in [5.41, 5.74) is -4.35. The van der Waals surface area contributed by atoms with Crippen molar-refractivity contribution >= 4 is 29.6 Å². The van der Waals surface area contributed by atoms with Crippen molar-refractivity contribution in [3.05, 3.63) is 29.8 Å². The van der Waals surface area contributed by atoms with Crippen molar-refractivity contribution < 1.29 is 37.0 Å². The first-order valence-electron chi connectivity index (χ1n) is 8.08. The topological polar surface area (TPSA) is 72.9 Å². The molecule has 1 saturated heterocycles. The minimum Gasteiger partial charge on any atom is -0.469 e. The quantitative estimate of drug-likeness (QED) is 0.554. The van der Waals surface area contributed by atoms with Crippen molar-refractivity contribution in [3.63, 3.8) is 0 Å². The Morgan fingerprint density at radius 1 is 1.15 bits per heavy atom. The molecular weight excluding hydrogens is 387 g/mol. The van der Waals surface area contributed by atoms with Crippen LogP contribution in [0.2, 0.25) is 0 Å². The number of ether oxygens (including phenoxy) is 2. The van der Waals surface area contributed by atoms with Crippen LogP contribution in [0.1, 0.15) is 23.2 Å². The zero-order valence-electron chi connectivity index (χ0n) is 14.5. The summed E-state index contributed by atoms with van der Waals surface area (Å²) in [5.74, 6) is -1.73.